The van der Waals surface area contributed by atoms with Crippen molar-refractivity contribution in [1.29, 1.82) is 0 Å². The van der Waals surface area contributed by atoms with Gasteiger partial charge < -0.3 is 10.1 Å². The summed E-state index contributed by atoms with van der Waals surface area (Å²) < 4.78 is 25.5. The average Bonchev–Trinajstić information content (AvgIpc) is 2.26. The third kappa shape index (κ3) is 3.54. The zero-order chi connectivity index (χ0) is 15.5. The van der Waals surface area contributed by atoms with Crippen molar-refractivity contribution in [2.45, 2.75) is 31.2 Å². The number of nitrogens with zero attached hydrogens (tertiary/aromatic N) is 1. The van der Waals surface area contributed by atoms with E-state index >= 15 is 0 Å². The molecule has 0 aromatic carbocycles. The Labute approximate surface area is 114 Å². The summed E-state index contributed by atoms with van der Waals surface area (Å²) in [5.41, 5.74) is -1.87. The molecule has 0 atom stereocenters. The van der Waals surface area contributed by atoms with Crippen molar-refractivity contribution in [2.24, 2.45) is 0 Å². The van der Waals surface area contributed by atoms with Crippen LogP contribution in [0, 0.1) is 0 Å². The lowest BCUT2D eigenvalue weighted by Gasteiger charge is -2.24. The molecule has 0 fully saturated rings. The lowest BCUT2D eigenvalue weighted by molar-refractivity contribution is -0.137. The second kappa shape index (κ2) is 6.01. The van der Waals surface area contributed by atoms with E-state index in [0.717, 1.165) is 10.5 Å². The molecule has 0 aliphatic rings. The highest BCUT2D eigenvalue weighted by molar-refractivity contribution is 7.89. The van der Waals surface area contributed by atoms with Crippen LogP contribution in [0.25, 0.3) is 0 Å². The number of hydrogen-bond acceptors (Lipinski definition) is 5. The number of H-pyrrole nitrogens is 2. The summed E-state index contributed by atoms with van der Waals surface area (Å²) in [4.78, 5) is 36.3. The number of carboxylic acids is 1. The van der Waals surface area contributed by atoms with Gasteiger partial charge in [-0.3, -0.25) is 14.6 Å². The van der Waals surface area contributed by atoms with Crippen LogP contribution >= 0.6 is 0 Å². The first-order valence-corrected chi connectivity index (χ1v) is 7.16. The van der Waals surface area contributed by atoms with Crippen molar-refractivity contribution >= 4 is 16.0 Å². The summed E-state index contributed by atoms with van der Waals surface area (Å²) in [5.74, 6) is -1.15. The summed E-state index contributed by atoms with van der Waals surface area (Å²) in [7, 11) is -4.19. The minimum absolute atomic E-state index is 0.270. The lowest BCUT2D eigenvalue weighted by Crippen LogP contribution is -2.41. The van der Waals surface area contributed by atoms with Crippen molar-refractivity contribution in [3.05, 3.63) is 27.0 Å². The number of carboxylic acid groups (broad SMARTS) is 1. The Kier molecular flexibility index (Phi) is 4.84. The van der Waals surface area contributed by atoms with Gasteiger partial charge in [-0.15, -0.1) is 0 Å². The van der Waals surface area contributed by atoms with E-state index in [-0.39, 0.29) is 6.54 Å². The van der Waals surface area contributed by atoms with Crippen LogP contribution in [0.15, 0.2) is 20.7 Å². The summed E-state index contributed by atoms with van der Waals surface area (Å²) in [5, 5.41) is 8.63. The van der Waals surface area contributed by atoms with Gasteiger partial charge in [-0.05, 0) is 13.8 Å². The fourth-order valence-corrected chi connectivity index (χ4v) is 3.21. The molecule has 0 bridgehead atoms. The Hall–Kier alpha value is -1.94. The maximum Gasteiger partial charge on any atom is 0.325 e. The molecule has 0 aliphatic heterocycles. The minimum atomic E-state index is -4.19. The van der Waals surface area contributed by atoms with Crippen molar-refractivity contribution in [1.82, 2.24) is 14.3 Å². The quantitative estimate of drug-likeness (QED) is 0.611. The fraction of sp³-hybridized carbons (Fsp3) is 0.500. The molecule has 1 aromatic heterocycles. The Morgan fingerprint density at radius 3 is 2.45 bits per heavy atom. The first-order chi connectivity index (χ1) is 9.16. The molecule has 3 N–H and O–H groups in total. The van der Waals surface area contributed by atoms with E-state index in [1.165, 1.54) is 0 Å². The van der Waals surface area contributed by atoms with Crippen LogP contribution in [-0.2, 0) is 14.8 Å². The van der Waals surface area contributed by atoms with Crippen molar-refractivity contribution < 1.29 is 18.3 Å². The number of aliphatic carboxylic acids is 1. The normalized spacial score (nSPS) is 12.0. The molecule has 112 valence electrons. The van der Waals surface area contributed by atoms with Gasteiger partial charge in [0, 0.05) is 18.8 Å². The van der Waals surface area contributed by atoms with Gasteiger partial charge in [-0.25, -0.2) is 13.2 Å². The predicted molar refractivity (Wildman–Crippen MR) is 69.0 cm³/mol. The summed E-state index contributed by atoms with van der Waals surface area (Å²) in [6.45, 7) is 2.84. The van der Waals surface area contributed by atoms with Gasteiger partial charge in [0.05, 0.1) is 6.42 Å². The van der Waals surface area contributed by atoms with E-state index in [1.807, 2.05) is 4.98 Å². The smallest absolute Gasteiger partial charge is 0.325 e. The number of carbonyl (C=O) groups is 1. The first kappa shape index (κ1) is 16.1. The predicted octanol–water partition coefficient (Wildman–Crippen LogP) is -1.06. The summed E-state index contributed by atoms with van der Waals surface area (Å²) >= 11 is 0. The van der Waals surface area contributed by atoms with E-state index < -0.39 is 44.6 Å². The summed E-state index contributed by atoms with van der Waals surface area (Å²) in [6.07, 6.45) is 0.408. The maximum absolute atomic E-state index is 12.3. The highest BCUT2D eigenvalue weighted by Gasteiger charge is 2.30. The van der Waals surface area contributed by atoms with Gasteiger partial charge in [0.1, 0.15) is 0 Å². The number of rotatable bonds is 6. The Morgan fingerprint density at radius 2 is 2.00 bits per heavy atom. The van der Waals surface area contributed by atoms with Crippen LogP contribution in [0.3, 0.4) is 0 Å². The number of aromatic amines is 2. The molecular weight excluding hydrogens is 290 g/mol. The third-order valence-corrected chi connectivity index (χ3v) is 4.57. The number of nitrogens with one attached hydrogen (secondary N) is 2. The van der Waals surface area contributed by atoms with E-state index in [4.69, 9.17) is 5.11 Å². The highest BCUT2D eigenvalue weighted by Crippen LogP contribution is 2.14. The van der Waals surface area contributed by atoms with Crippen LogP contribution in [-0.4, -0.2) is 46.4 Å². The molecule has 0 spiro atoms. The number of hydrogen-bond donors (Lipinski definition) is 3. The molecule has 1 aromatic rings. The van der Waals surface area contributed by atoms with Crippen LogP contribution in [0.2, 0.25) is 0 Å². The highest BCUT2D eigenvalue weighted by atomic mass is 32.2. The van der Waals surface area contributed by atoms with Crippen LogP contribution in [0.4, 0.5) is 0 Å². The van der Waals surface area contributed by atoms with Gasteiger partial charge in [0.2, 0.25) is 10.0 Å². The van der Waals surface area contributed by atoms with Gasteiger partial charge >= 0.3 is 11.7 Å². The maximum atomic E-state index is 12.3. The molecule has 1 heterocycles. The molecule has 10 heteroatoms. The Morgan fingerprint density at radius 1 is 1.40 bits per heavy atom. The molecule has 20 heavy (non-hydrogen) atoms. The first-order valence-electron chi connectivity index (χ1n) is 5.72. The molecule has 0 unspecified atom stereocenters. The molecule has 0 saturated heterocycles. The van der Waals surface area contributed by atoms with Crippen LogP contribution in [0.1, 0.15) is 20.3 Å². The molecule has 0 saturated carbocycles. The molecule has 0 aliphatic carbocycles. The average molecular weight is 305 g/mol. The molecule has 0 radical (unpaired) electrons. The van der Waals surface area contributed by atoms with Gasteiger partial charge in [-0.1, -0.05) is 0 Å². The van der Waals surface area contributed by atoms with Gasteiger partial charge in [0.15, 0.2) is 4.90 Å². The van der Waals surface area contributed by atoms with E-state index in [2.05, 4.69) is 4.98 Å². The van der Waals surface area contributed by atoms with Gasteiger partial charge in [-0.2, -0.15) is 4.31 Å². The lowest BCUT2D eigenvalue weighted by atomic mass is 10.3. The van der Waals surface area contributed by atoms with E-state index in [0.29, 0.717) is 0 Å². The minimum Gasteiger partial charge on any atom is -0.481 e. The van der Waals surface area contributed by atoms with Crippen molar-refractivity contribution in [2.75, 3.05) is 6.54 Å². The number of sulfonamides is 1. The standard InChI is InChI=1S/C10H15N3O6S/c1-6(2)13(4-3-8(14)15)20(18,19)7-5-11-10(17)12-9(7)16/h5-6H,3-4H2,1-2H3,(H,14,15)(H2,11,12,16,17). The molecular formula is C10H15N3O6S. The SMILES string of the molecule is CC(C)N(CCC(=O)O)S(=O)(=O)c1c[nH]c(=O)[nH]c1=O. The summed E-state index contributed by atoms with van der Waals surface area (Å²) in [6, 6.07) is -0.536. The topological polar surface area (TPSA) is 140 Å². The Balaban J connectivity index is 3.26. The van der Waals surface area contributed by atoms with E-state index in [9.17, 15) is 22.8 Å². The molecule has 9 nitrogen and oxygen atoms in total. The Bertz CT molecular complexity index is 702. The van der Waals surface area contributed by atoms with Crippen molar-refractivity contribution in [3.63, 3.8) is 0 Å². The monoisotopic (exact) mass is 305 g/mol. The van der Waals surface area contributed by atoms with Crippen LogP contribution in [0.5, 0.6) is 0 Å². The van der Waals surface area contributed by atoms with Crippen LogP contribution < -0.4 is 11.2 Å². The zero-order valence-electron chi connectivity index (χ0n) is 10.9. The molecule has 0 amide bonds. The fourth-order valence-electron chi connectivity index (χ4n) is 1.58. The zero-order valence-corrected chi connectivity index (χ0v) is 11.7. The van der Waals surface area contributed by atoms with E-state index in [1.54, 1.807) is 13.8 Å². The largest absolute Gasteiger partial charge is 0.481 e. The second-order valence-electron chi connectivity index (χ2n) is 4.29. The number of aromatic nitrogens is 2. The second-order valence-corrected chi connectivity index (χ2v) is 6.15. The van der Waals surface area contributed by atoms with Crippen molar-refractivity contribution in [3.8, 4) is 0 Å². The third-order valence-electron chi connectivity index (χ3n) is 2.49. The molecule has 1 rings (SSSR count). The van der Waals surface area contributed by atoms with Gasteiger partial charge in [0.25, 0.3) is 5.56 Å².